The van der Waals surface area contributed by atoms with Gasteiger partial charge in [0.2, 0.25) is 18.6 Å². The Kier molecular flexibility index (Phi) is 4.21. The standard InChI is InChI=1S/C21H26N2O4/c24-20(14-3-1-2-4-14)22-7-9-23(10-8-22)21(25)17-12-16(17)15-5-6-18-19(11-15)27-13-26-18/h5-6,11,14,16-17H,1-4,7-10,12-13H2. The van der Waals surface area contributed by atoms with Crippen molar-refractivity contribution in [3.63, 3.8) is 0 Å². The number of ether oxygens (including phenoxy) is 2. The summed E-state index contributed by atoms with van der Waals surface area (Å²) >= 11 is 0. The summed E-state index contributed by atoms with van der Waals surface area (Å²) in [6, 6.07) is 5.99. The first-order chi connectivity index (χ1) is 13.2. The van der Waals surface area contributed by atoms with Crippen LogP contribution in [0.2, 0.25) is 0 Å². The first-order valence-corrected chi connectivity index (χ1v) is 10.2. The third-order valence-electron chi connectivity index (χ3n) is 6.54. The summed E-state index contributed by atoms with van der Waals surface area (Å²) in [6.45, 7) is 2.98. The molecule has 2 aliphatic heterocycles. The number of rotatable bonds is 3. The molecule has 2 heterocycles. The molecular weight excluding hydrogens is 344 g/mol. The highest BCUT2D eigenvalue weighted by Gasteiger charge is 2.46. The van der Waals surface area contributed by atoms with Gasteiger partial charge in [-0.15, -0.1) is 0 Å². The van der Waals surface area contributed by atoms with E-state index < -0.39 is 0 Å². The molecule has 0 aromatic heterocycles. The van der Waals surface area contributed by atoms with Gasteiger partial charge in [-0.2, -0.15) is 0 Å². The lowest BCUT2D eigenvalue weighted by Gasteiger charge is -2.36. The van der Waals surface area contributed by atoms with Gasteiger partial charge in [-0.05, 0) is 42.9 Å². The van der Waals surface area contributed by atoms with Crippen molar-refractivity contribution >= 4 is 11.8 Å². The molecule has 144 valence electrons. The van der Waals surface area contributed by atoms with E-state index in [-0.39, 0.29) is 30.5 Å². The number of benzene rings is 1. The normalized spacial score (nSPS) is 27.1. The van der Waals surface area contributed by atoms with Crippen LogP contribution in [0, 0.1) is 11.8 Å². The summed E-state index contributed by atoms with van der Waals surface area (Å²) in [4.78, 5) is 29.4. The van der Waals surface area contributed by atoms with Gasteiger partial charge in [0.25, 0.3) is 0 Å². The van der Waals surface area contributed by atoms with Gasteiger partial charge in [-0.1, -0.05) is 18.9 Å². The molecule has 27 heavy (non-hydrogen) atoms. The van der Waals surface area contributed by atoms with Crippen molar-refractivity contribution in [3.8, 4) is 11.5 Å². The van der Waals surface area contributed by atoms with Gasteiger partial charge in [0.1, 0.15) is 0 Å². The second kappa shape index (κ2) is 6.73. The Morgan fingerprint density at radius 3 is 2.30 bits per heavy atom. The maximum absolute atomic E-state index is 12.9. The number of carbonyl (C=O) groups is 2. The van der Waals surface area contributed by atoms with Crippen molar-refractivity contribution < 1.29 is 19.1 Å². The average Bonchev–Trinajstić information content (AvgIpc) is 3.09. The molecule has 0 radical (unpaired) electrons. The summed E-state index contributed by atoms with van der Waals surface area (Å²) in [5, 5.41) is 0. The smallest absolute Gasteiger partial charge is 0.231 e. The van der Waals surface area contributed by atoms with Gasteiger partial charge in [-0.3, -0.25) is 9.59 Å². The van der Waals surface area contributed by atoms with Crippen molar-refractivity contribution in [3.05, 3.63) is 23.8 Å². The van der Waals surface area contributed by atoms with Crippen molar-refractivity contribution in [1.82, 2.24) is 9.80 Å². The highest BCUT2D eigenvalue weighted by molar-refractivity contribution is 5.84. The Labute approximate surface area is 159 Å². The fourth-order valence-corrected chi connectivity index (χ4v) is 4.79. The average molecular weight is 370 g/mol. The molecule has 1 aromatic rings. The lowest BCUT2D eigenvalue weighted by atomic mass is 10.1. The van der Waals surface area contributed by atoms with E-state index in [0.717, 1.165) is 36.3 Å². The fraction of sp³-hybridized carbons (Fsp3) is 0.619. The first-order valence-electron chi connectivity index (χ1n) is 10.2. The Hall–Kier alpha value is -2.24. The maximum Gasteiger partial charge on any atom is 0.231 e. The third kappa shape index (κ3) is 3.15. The number of fused-ring (bicyclic) bond motifs is 1. The fourth-order valence-electron chi connectivity index (χ4n) is 4.79. The largest absolute Gasteiger partial charge is 0.454 e. The zero-order valence-corrected chi connectivity index (χ0v) is 15.6. The van der Waals surface area contributed by atoms with Gasteiger partial charge >= 0.3 is 0 Å². The van der Waals surface area contributed by atoms with E-state index in [1.807, 2.05) is 28.0 Å². The Balaban J connectivity index is 1.15. The topological polar surface area (TPSA) is 59.1 Å². The number of hydrogen-bond donors (Lipinski definition) is 0. The van der Waals surface area contributed by atoms with Crippen molar-refractivity contribution in [2.75, 3.05) is 33.0 Å². The highest BCUT2D eigenvalue weighted by Crippen LogP contribution is 2.50. The molecule has 0 N–H and O–H groups in total. The molecule has 2 unspecified atom stereocenters. The zero-order chi connectivity index (χ0) is 18.4. The lowest BCUT2D eigenvalue weighted by molar-refractivity contribution is -0.142. The highest BCUT2D eigenvalue weighted by atomic mass is 16.7. The van der Waals surface area contributed by atoms with Crippen LogP contribution in [-0.4, -0.2) is 54.6 Å². The maximum atomic E-state index is 12.9. The van der Waals surface area contributed by atoms with E-state index in [1.165, 1.54) is 12.8 Å². The monoisotopic (exact) mass is 370 g/mol. The molecule has 6 heteroatoms. The van der Waals surface area contributed by atoms with Crippen LogP contribution in [0.4, 0.5) is 0 Å². The Bertz CT molecular complexity index is 751. The van der Waals surface area contributed by atoms with Crippen LogP contribution < -0.4 is 9.47 Å². The van der Waals surface area contributed by atoms with Crippen LogP contribution in [0.25, 0.3) is 0 Å². The molecule has 2 atom stereocenters. The van der Waals surface area contributed by atoms with E-state index in [2.05, 4.69) is 0 Å². The van der Waals surface area contributed by atoms with Crippen LogP contribution in [0.1, 0.15) is 43.6 Å². The summed E-state index contributed by atoms with van der Waals surface area (Å²) in [5.41, 5.74) is 1.16. The van der Waals surface area contributed by atoms with Gasteiger partial charge in [-0.25, -0.2) is 0 Å². The van der Waals surface area contributed by atoms with E-state index >= 15 is 0 Å². The minimum atomic E-state index is 0.0717. The number of piperazine rings is 1. The quantitative estimate of drug-likeness (QED) is 0.820. The van der Waals surface area contributed by atoms with E-state index in [9.17, 15) is 9.59 Å². The molecule has 1 saturated heterocycles. The van der Waals surface area contributed by atoms with Crippen LogP contribution >= 0.6 is 0 Å². The summed E-state index contributed by atoms with van der Waals surface area (Å²) in [6.07, 6.45) is 5.34. The van der Waals surface area contributed by atoms with Gasteiger partial charge in [0, 0.05) is 38.0 Å². The van der Waals surface area contributed by atoms with Crippen molar-refractivity contribution in [1.29, 1.82) is 0 Å². The molecule has 4 aliphatic rings. The van der Waals surface area contributed by atoms with E-state index in [0.29, 0.717) is 32.1 Å². The molecule has 1 aromatic carbocycles. The van der Waals surface area contributed by atoms with Crippen LogP contribution in [0.15, 0.2) is 18.2 Å². The molecule has 2 amide bonds. The summed E-state index contributed by atoms with van der Waals surface area (Å²) in [7, 11) is 0. The molecule has 0 bridgehead atoms. The van der Waals surface area contributed by atoms with Gasteiger partial charge in [0.15, 0.2) is 11.5 Å². The van der Waals surface area contributed by atoms with Crippen LogP contribution in [0.5, 0.6) is 11.5 Å². The number of nitrogens with zero attached hydrogens (tertiary/aromatic N) is 2. The zero-order valence-electron chi connectivity index (χ0n) is 15.6. The molecule has 3 fully saturated rings. The van der Waals surface area contributed by atoms with Gasteiger partial charge < -0.3 is 19.3 Å². The van der Waals surface area contributed by atoms with Crippen molar-refractivity contribution in [2.45, 2.75) is 38.0 Å². The molecular formula is C21H26N2O4. The lowest BCUT2D eigenvalue weighted by Crippen LogP contribution is -2.52. The molecule has 6 nitrogen and oxygen atoms in total. The number of carbonyl (C=O) groups excluding carboxylic acids is 2. The molecule has 2 aliphatic carbocycles. The molecule has 0 spiro atoms. The third-order valence-corrected chi connectivity index (χ3v) is 6.54. The number of hydrogen-bond acceptors (Lipinski definition) is 4. The van der Waals surface area contributed by atoms with E-state index in [1.54, 1.807) is 0 Å². The SMILES string of the molecule is O=C(C1CCCC1)N1CCN(C(=O)C2CC2c2ccc3c(c2)OCO3)CC1. The Morgan fingerprint density at radius 2 is 1.56 bits per heavy atom. The minimum Gasteiger partial charge on any atom is -0.454 e. The molecule has 5 rings (SSSR count). The summed E-state index contributed by atoms with van der Waals surface area (Å²) in [5.74, 6) is 2.70. The predicted octanol–water partition coefficient (Wildman–Crippen LogP) is 2.38. The Morgan fingerprint density at radius 1 is 0.889 bits per heavy atom. The van der Waals surface area contributed by atoms with Crippen LogP contribution in [-0.2, 0) is 9.59 Å². The van der Waals surface area contributed by atoms with E-state index in [4.69, 9.17) is 9.47 Å². The second-order valence-electron chi connectivity index (χ2n) is 8.19. The first kappa shape index (κ1) is 16.9. The van der Waals surface area contributed by atoms with Gasteiger partial charge in [0.05, 0.1) is 0 Å². The van der Waals surface area contributed by atoms with Crippen molar-refractivity contribution in [2.24, 2.45) is 11.8 Å². The predicted molar refractivity (Wildman–Crippen MR) is 98.5 cm³/mol. The molecule has 2 saturated carbocycles. The summed E-state index contributed by atoms with van der Waals surface area (Å²) < 4.78 is 10.8. The number of amides is 2. The van der Waals surface area contributed by atoms with Crippen LogP contribution in [0.3, 0.4) is 0 Å². The minimum absolute atomic E-state index is 0.0717. The second-order valence-corrected chi connectivity index (χ2v) is 8.19.